The molecule has 1 amide bonds. The van der Waals surface area contributed by atoms with Gasteiger partial charge in [-0.05, 0) is 24.6 Å². The maximum atomic E-state index is 12.8. The Bertz CT molecular complexity index is 1270. The first-order valence-corrected chi connectivity index (χ1v) is 11.0. The molecule has 30 heavy (non-hydrogen) atoms. The summed E-state index contributed by atoms with van der Waals surface area (Å²) in [5.74, 6) is 0.494. The number of rotatable bonds is 6. The van der Waals surface area contributed by atoms with E-state index in [2.05, 4.69) is 15.3 Å². The summed E-state index contributed by atoms with van der Waals surface area (Å²) >= 11 is 2.67. The Morgan fingerprint density at radius 1 is 1.17 bits per heavy atom. The standard InChI is InChI=1S/C22H19N3O3S2/c1-13-18(14-8-4-3-5-9-14)19-20(27)24-22(25-21(19)30-13)29-12-17(26)23-15-10-6-7-11-16(15)28-2/h3-11H,12H2,1-2H3,(H,23,26)(H,24,25,27). The molecule has 152 valence electrons. The van der Waals surface area contributed by atoms with E-state index in [0.717, 1.165) is 16.0 Å². The maximum Gasteiger partial charge on any atom is 0.260 e. The molecule has 0 saturated heterocycles. The summed E-state index contributed by atoms with van der Waals surface area (Å²) in [6.45, 7) is 1.99. The van der Waals surface area contributed by atoms with E-state index in [-0.39, 0.29) is 17.2 Å². The monoisotopic (exact) mass is 437 g/mol. The lowest BCUT2D eigenvalue weighted by Gasteiger charge is -2.09. The third kappa shape index (κ3) is 4.10. The van der Waals surface area contributed by atoms with Crippen molar-refractivity contribution in [3.8, 4) is 16.9 Å². The molecule has 4 rings (SSSR count). The molecule has 4 aromatic rings. The third-order valence-electron chi connectivity index (χ3n) is 4.50. The van der Waals surface area contributed by atoms with E-state index in [1.807, 2.05) is 49.4 Å². The van der Waals surface area contributed by atoms with E-state index in [4.69, 9.17) is 4.74 Å². The van der Waals surface area contributed by atoms with E-state index in [0.29, 0.717) is 26.8 Å². The van der Waals surface area contributed by atoms with Crippen LogP contribution < -0.4 is 15.6 Å². The number of thiophene rings is 1. The van der Waals surface area contributed by atoms with Crippen molar-refractivity contribution in [1.82, 2.24) is 9.97 Å². The van der Waals surface area contributed by atoms with Crippen LogP contribution in [0.4, 0.5) is 5.69 Å². The summed E-state index contributed by atoms with van der Waals surface area (Å²) in [5.41, 5.74) is 2.31. The molecule has 0 aliphatic heterocycles. The Morgan fingerprint density at radius 3 is 2.67 bits per heavy atom. The molecule has 2 N–H and O–H groups in total. The van der Waals surface area contributed by atoms with Crippen LogP contribution in [0.5, 0.6) is 5.75 Å². The number of methoxy groups -OCH3 is 1. The van der Waals surface area contributed by atoms with Crippen molar-refractivity contribution >= 4 is 44.9 Å². The summed E-state index contributed by atoms with van der Waals surface area (Å²) < 4.78 is 5.24. The second-order valence-electron chi connectivity index (χ2n) is 6.49. The van der Waals surface area contributed by atoms with Crippen LogP contribution >= 0.6 is 23.1 Å². The first kappa shape index (κ1) is 20.2. The number of aryl methyl sites for hydroxylation is 1. The number of hydrogen-bond donors (Lipinski definition) is 2. The van der Waals surface area contributed by atoms with Gasteiger partial charge >= 0.3 is 0 Å². The van der Waals surface area contributed by atoms with Gasteiger partial charge in [-0.1, -0.05) is 54.2 Å². The molecule has 0 unspecified atom stereocenters. The highest BCUT2D eigenvalue weighted by atomic mass is 32.2. The number of nitrogens with one attached hydrogen (secondary N) is 2. The Labute approximate surface area is 181 Å². The maximum absolute atomic E-state index is 12.8. The second-order valence-corrected chi connectivity index (χ2v) is 8.65. The number of aromatic amines is 1. The number of anilines is 1. The van der Waals surface area contributed by atoms with Crippen LogP contribution in [0.2, 0.25) is 0 Å². The first-order chi connectivity index (χ1) is 14.6. The average Bonchev–Trinajstić information content (AvgIpc) is 3.09. The number of aromatic nitrogens is 2. The highest BCUT2D eigenvalue weighted by Crippen LogP contribution is 2.35. The van der Waals surface area contributed by atoms with E-state index in [1.54, 1.807) is 19.2 Å². The fourth-order valence-corrected chi connectivity index (χ4v) is 4.95. The summed E-state index contributed by atoms with van der Waals surface area (Å²) in [6.07, 6.45) is 0. The van der Waals surface area contributed by atoms with Crippen molar-refractivity contribution in [2.75, 3.05) is 18.2 Å². The van der Waals surface area contributed by atoms with Crippen LogP contribution in [0, 0.1) is 6.92 Å². The Morgan fingerprint density at radius 2 is 1.90 bits per heavy atom. The van der Waals surface area contributed by atoms with Gasteiger partial charge in [0.05, 0.1) is 23.9 Å². The molecular formula is C22H19N3O3S2. The van der Waals surface area contributed by atoms with Crippen LogP contribution in [-0.2, 0) is 4.79 Å². The molecule has 0 saturated carbocycles. The van der Waals surface area contributed by atoms with Crippen LogP contribution in [0.3, 0.4) is 0 Å². The van der Waals surface area contributed by atoms with Gasteiger partial charge in [-0.25, -0.2) is 4.98 Å². The number of ether oxygens (including phenoxy) is 1. The van der Waals surface area contributed by atoms with Gasteiger partial charge in [-0.3, -0.25) is 9.59 Å². The minimum Gasteiger partial charge on any atom is -0.495 e. The van der Waals surface area contributed by atoms with Gasteiger partial charge < -0.3 is 15.0 Å². The van der Waals surface area contributed by atoms with Gasteiger partial charge in [0.25, 0.3) is 5.56 Å². The molecule has 2 aromatic carbocycles. The number of benzene rings is 2. The van der Waals surface area contributed by atoms with Crippen molar-refractivity contribution in [3.05, 3.63) is 69.8 Å². The third-order valence-corrected chi connectivity index (χ3v) is 6.37. The number of amides is 1. The minimum atomic E-state index is -0.209. The topological polar surface area (TPSA) is 84.1 Å². The number of fused-ring (bicyclic) bond motifs is 1. The molecule has 0 fully saturated rings. The average molecular weight is 438 g/mol. The number of hydrogen-bond acceptors (Lipinski definition) is 6. The predicted octanol–water partition coefficient (Wildman–Crippen LogP) is 4.70. The first-order valence-electron chi connectivity index (χ1n) is 9.21. The van der Waals surface area contributed by atoms with Crippen LogP contribution in [0.25, 0.3) is 21.3 Å². The van der Waals surface area contributed by atoms with E-state index in [9.17, 15) is 9.59 Å². The molecule has 2 heterocycles. The number of H-pyrrole nitrogens is 1. The lowest BCUT2D eigenvalue weighted by Crippen LogP contribution is -2.16. The number of nitrogens with zero attached hydrogens (tertiary/aromatic N) is 1. The number of carbonyl (C=O) groups is 1. The van der Waals surface area contributed by atoms with Crippen molar-refractivity contribution < 1.29 is 9.53 Å². The highest BCUT2D eigenvalue weighted by Gasteiger charge is 2.17. The van der Waals surface area contributed by atoms with Gasteiger partial charge in [-0.15, -0.1) is 11.3 Å². The Balaban J connectivity index is 1.55. The zero-order chi connectivity index (χ0) is 21.1. The molecule has 0 radical (unpaired) electrons. The lowest BCUT2D eigenvalue weighted by atomic mass is 10.0. The molecule has 0 spiro atoms. The molecule has 8 heteroatoms. The van der Waals surface area contributed by atoms with Gasteiger partial charge in [-0.2, -0.15) is 0 Å². The second kappa shape index (κ2) is 8.73. The van der Waals surface area contributed by atoms with Crippen LogP contribution in [0.1, 0.15) is 4.88 Å². The predicted molar refractivity (Wildman–Crippen MR) is 123 cm³/mol. The van der Waals surface area contributed by atoms with Crippen molar-refractivity contribution in [2.45, 2.75) is 12.1 Å². The number of carbonyl (C=O) groups excluding carboxylic acids is 1. The fourth-order valence-electron chi connectivity index (χ4n) is 3.19. The van der Waals surface area contributed by atoms with E-state index in [1.165, 1.54) is 23.1 Å². The normalized spacial score (nSPS) is 10.9. The van der Waals surface area contributed by atoms with Crippen LogP contribution in [-0.4, -0.2) is 28.7 Å². The lowest BCUT2D eigenvalue weighted by molar-refractivity contribution is -0.113. The molecule has 0 aliphatic carbocycles. The summed E-state index contributed by atoms with van der Waals surface area (Å²) in [6, 6.07) is 17.0. The van der Waals surface area contributed by atoms with Gasteiger partial charge in [0.15, 0.2) is 5.16 Å². The zero-order valence-corrected chi connectivity index (χ0v) is 18.0. The van der Waals surface area contributed by atoms with Crippen molar-refractivity contribution in [1.29, 1.82) is 0 Å². The summed E-state index contributed by atoms with van der Waals surface area (Å²) in [4.78, 5) is 34.2. The summed E-state index contributed by atoms with van der Waals surface area (Å²) in [7, 11) is 1.55. The van der Waals surface area contributed by atoms with E-state index < -0.39 is 0 Å². The van der Waals surface area contributed by atoms with Gasteiger partial charge in [0.2, 0.25) is 5.91 Å². The van der Waals surface area contributed by atoms with Crippen molar-refractivity contribution in [2.24, 2.45) is 0 Å². The largest absolute Gasteiger partial charge is 0.495 e. The zero-order valence-electron chi connectivity index (χ0n) is 16.4. The molecular weight excluding hydrogens is 418 g/mol. The quantitative estimate of drug-likeness (QED) is 0.337. The van der Waals surface area contributed by atoms with E-state index >= 15 is 0 Å². The van der Waals surface area contributed by atoms with Gasteiger partial charge in [0, 0.05) is 10.4 Å². The number of para-hydroxylation sites is 2. The molecule has 0 bridgehead atoms. The number of thioether (sulfide) groups is 1. The van der Waals surface area contributed by atoms with Gasteiger partial charge in [0.1, 0.15) is 10.6 Å². The van der Waals surface area contributed by atoms with Crippen LogP contribution in [0.15, 0.2) is 64.5 Å². The van der Waals surface area contributed by atoms with Crippen molar-refractivity contribution in [3.63, 3.8) is 0 Å². The SMILES string of the molecule is COc1ccccc1NC(=O)CSc1nc2sc(C)c(-c3ccccc3)c2c(=O)[nH]1. The molecule has 2 aromatic heterocycles. The highest BCUT2D eigenvalue weighted by molar-refractivity contribution is 7.99. The molecule has 6 nitrogen and oxygen atoms in total. The Kier molecular flexibility index (Phi) is 5.87. The fraction of sp³-hybridized carbons (Fsp3) is 0.136. The Hall–Kier alpha value is -3.10. The molecule has 0 aliphatic rings. The molecule has 0 atom stereocenters. The summed E-state index contributed by atoms with van der Waals surface area (Å²) in [5, 5.41) is 3.83. The smallest absolute Gasteiger partial charge is 0.260 e. The minimum absolute atomic E-state index is 0.113.